The monoisotopic (exact) mass is 403 g/mol. The molecule has 0 radical (unpaired) electrons. The SMILES string of the molecule is Cc1cccc(CN2CC(NC(=O)OC3CCCCC3)Cc3cc(C#N)ccc32)c1. The van der Waals surface area contributed by atoms with Crippen LogP contribution in [0.1, 0.15) is 54.4 Å². The van der Waals surface area contributed by atoms with Gasteiger partial charge in [-0.05, 0) is 68.4 Å². The van der Waals surface area contributed by atoms with Gasteiger partial charge in [-0.25, -0.2) is 4.79 Å². The van der Waals surface area contributed by atoms with Crippen LogP contribution in [0, 0.1) is 18.3 Å². The molecule has 5 heteroatoms. The van der Waals surface area contributed by atoms with Crippen molar-refractivity contribution in [3.8, 4) is 6.07 Å². The number of nitrogens with one attached hydrogen (secondary N) is 1. The summed E-state index contributed by atoms with van der Waals surface area (Å²) in [6, 6.07) is 16.5. The number of fused-ring (bicyclic) bond motifs is 1. The zero-order valence-electron chi connectivity index (χ0n) is 17.6. The van der Waals surface area contributed by atoms with E-state index in [0.717, 1.165) is 43.5 Å². The van der Waals surface area contributed by atoms with Crippen molar-refractivity contribution in [2.24, 2.45) is 0 Å². The lowest BCUT2D eigenvalue weighted by Crippen LogP contribution is -2.48. The molecule has 1 saturated carbocycles. The van der Waals surface area contributed by atoms with Gasteiger partial charge in [-0.3, -0.25) is 0 Å². The molecule has 4 rings (SSSR count). The summed E-state index contributed by atoms with van der Waals surface area (Å²) in [4.78, 5) is 14.8. The van der Waals surface area contributed by atoms with Gasteiger partial charge in [0.25, 0.3) is 0 Å². The maximum Gasteiger partial charge on any atom is 0.407 e. The van der Waals surface area contributed by atoms with Gasteiger partial charge in [0.05, 0.1) is 17.7 Å². The first-order valence-corrected chi connectivity index (χ1v) is 10.9. The van der Waals surface area contributed by atoms with E-state index in [2.05, 4.69) is 47.5 Å². The van der Waals surface area contributed by atoms with Crippen molar-refractivity contribution in [2.45, 2.75) is 64.1 Å². The van der Waals surface area contributed by atoms with Crippen LogP contribution in [0.3, 0.4) is 0 Å². The van der Waals surface area contributed by atoms with E-state index in [9.17, 15) is 10.1 Å². The van der Waals surface area contributed by atoms with E-state index in [4.69, 9.17) is 4.74 Å². The van der Waals surface area contributed by atoms with Crippen LogP contribution < -0.4 is 10.2 Å². The van der Waals surface area contributed by atoms with E-state index in [1.165, 1.54) is 17.5 Å². The molecule has 1 fully saturated rings. The number of alkyl carbamates (subject to hydrolysis) is 1. The summed E-state index contributed by atoms with van der Waals surface area (Å²) < 4.78 is 5.68. The molecule has 2 aliphatic rings. The Balaban J connectivity index is 1.50. The van der Waals surface area contributed by atoms with Gasteiger partial charge in [-0.2, -0.15) is 5.26 Å². The Morgan fingerprint density at radius 2 is 2.03 bits per heavy atom. The number of hydrogen-bond donors (Lipinski definition) is 1. The third kappa shape index (κ3) is 4.94. The van der Waals surface area contributed by atoms with Crippen molar-refractivity contribution < 1.29 is 9.53 Å². The molecule has 1 aliphatic heterocycles. The number of carbonyl (C=O) groups excluding carboxylic acids is 1. The number of nitrogens with zero attached hydrogens (tertiary/aromatic N) is 2. The Kier molecular flexibility index (Phi) is 6.23. The molecule has 0 aromatic heterocycles. The molecule has 1 aliphatic carbocycles. The fraction of sp³-hybridized carbons (Fsp3) is 0.440. The summed E-state index contributed by atoms with van der Waals surface area (Å²) in [7, 11) is 0. The van der Waals surface area contributed by atoms with Gasteiger partial charge >= 0.3 is 6.09 Å². The van der Waals surface area contributed by atoms with Gasteiger partial charge in [0.2, 0.25) is 0 Å². The van der Waals surface area contributed by atoms with E-state index in [0.29, 0.717) is 18.5 Å². The molecular weight excluding hydrogens is 374 g/mol. The van der Waals surface area contributed by atoms with Crippen molar-refractivity contribution in [2.75, 3.05) is 11.4 Å². The predicted molar refractivity (Wildman–Crippen MR) is 117 cm³/mol. The number of anilines is 1. The molecule has 5 nitrogen and oxygen atoms in total. The second kappa shape index (κ2) is 9.21. The fourth-order valence-corrected chi connectivity index (χ4v) is 4.63. The van der Waals surface area contributed by atoms with Gasteiger partial charge in [0.15, 0.2) is 0 Å². The quantitative estimate of drug-likeness (QED) is 0.792. The number of ether oxygens (including phenoxy) is 1. The molecular formula is C25H29N3O2. The largest absolute Gasteiger partial charge is 0.446 e. The summed E-state index contributed by atoms with van der Waals surface area (Å²) in [6.07, 6.45) is 5.86. The van der Waals surface area contributed by atoms with Crippen LogP contribution in [0.2, 0.25) is 0 Å². The Morgan fingerprint density at radius 3 is 2.80 bits per heavy atom. The number of rotatable bonds is 4. The molecule has 0 saturated heterocycles. The van der Waals surface area contributed by atoms with Gasteiger partial charge < -0.3 is 15.0 Å². The van der Waals surface area contributed by atoms with Crippen LogP contribution >= 0.6 is 0 Å². The number of hydrogen-bond acceptors (Lipinski definition) is 4. The van der Waals surface area contributed by atoms with E-state index in [1.807, 2.05) is 18.2 Å². The Hall–Kier alpha value is -3.00. The first-order chi connectivity index (χ1) is 14.6. The van der Waals surface area contributed by atoms with Gasteiger partial charge in [0, 0.05) is 18.8 Å². The minimum absolute atomic E-state index is 0.0446. The summed E-state index contributed by atoms with van der Waals surface area (Å²) in [6.45, 7) is 3.57. The third-order valence-corrected chi connectivity index (χ3v) is 6.06. The molecule has 1 atom stereocenters. The Bertz CT molecular complexity index is 944. The number of amides is 1. The predicted octanol–water partition coefficient (Wildman–Crippen LogP) is 4.86. The highest BCUT2D eigenvalue weighted by Gasteiger charge is 2.27. The highest BCUT2D eigenvalue weighted by molar-refractivity contribution is 5.69. The first kappa shape index (κ1) is 20.3. The lowest BCUT2D eigenvalue weighted by molar-refractivity contribution is 0.0729. The molecule has 1 amide bonds. The summed E-state index contributed by atoms with van der Waals surface area (Å²) in [5.41, 5.74) is 5.34. The summed E-state index contributed by atoms with van der Waals surface area (Å²) in [5.74, 6) is 0. The van der Waals surface area contributed by atoms with Crippen LogP contribution in [-0.4, -0.2) is 24.8 Å². The molecule has 2 aromatic carbocycles. The molecule has 0 spiro atoms. The van der Waals surface area contributed by atoms with Crippen molar-refractivity contribution in [1.29, 1.82) is 5.26 Å². The van der Waals surface area contributed by atoms with Crippen molar-refractivity contribution in [3.63, 3.8) is 0 Å². The molecule has 1 heterocycles. The van der Waals surface area contributed by atoms with Crippen LogP contribution in [0.25, 0.3) is 0 Å². The lowest BCUT2D eigenvalue weighted by Gasteiger charge is -2.37. The topological polar surface area (TPSA) is 65.4 Å². The molecule has 1 unspecified atom stereocenters. The van der Waals surface area contributed by atoms with Crippen LogP contribution in [0.5, 0.6) is 0 Å². The molecule has 1 N–H and O–H groups in total. The smallest absolute Gasteiger partial charge is 0.407 e. The van der Waals surface area contributed by atoms with Crippen molar-refractivity contribution >= 4 is 11.8 Å². The third-order valence-electron chi connectivity index (χ3n) is 6.06. The lowest BCUT2D eigenvalue weighted by atomic mass is 9.95. The normalized spacial score (nSPS) is 18.9. The van der Waals surface area contributed by atoms with Crippen LogP contribution in [0.15, 0.2) is 42.5 Å². The highest BCUT2D eigenvalue weighted by Crippen LogP contribution is 2.30. The standard InChI is InChI=1S/C25H29N3O2/c1-18-6-5-7-20(12-18)16-28-17-22(14-21-13-19(15-26)10-11-24(21)28)27-25(29)30-23-8-3-2-4-9-23/h5-7,10-13,22-23H,2-4,8-9,14,16-17H2,1H3,(H,27,29). The number of carbonyl (C=O) groups is 1. The van der Waals surface area contributed by atoms with Crippen LogP contribution in [0.4, 0.5) is 10.5 Å². The molecule has 30 heavy (non-hydrogen) atoms. The molecule has 156 valence electrons. The second-order valence-corrected chi connectivity index (χ2v) is 8.54. The second-order valence-electron chi connectivity index (χ2n) is 8.54. The average Bonchev–Trinajstić information content (AvgIpc) is 2.74. The first-order valence-electron chi connectivity index (χ1n) is 10.9. The van der Waals surface area contributed by atoms with E-state index in [1.54, 1.807) is 0 Å². The summed E-state index contributed by atoms with van der Waals surface area (Å²) in [5, 5.41) is 12.4. The average molecular weight is 404 g/mol. The highest BCUT2D eigenvalue weighted by atomic mass is 16.6. The number of aryl methyl sites for hydroxylation is 1. The van der Waals surface area contributed by atoms with Crippen molar-refractivity contribution in [1.82, 2.24) is 5.32 Å². The summed E-state index contributed by atoms with van der Waals surface area (Å²) >= 11 is 0. The zero-order valence-corrected chi connectivity index (χ0v) is 17.6. The number of benzene rings is 2. The van der Waals surface area contributed by atoms with Gasteiger partial charge in [0.1, 0.15) is 6.10 Å². The minimum atomic E-state index is -0.317. The maximum atomic E-state index is 12.5. The van der Waals surface area contributed by atoms with Crippen LogP contribution in [-0.2, 0) is 17.7 Å². The van der Waals surface area contributed by atoms with E-state index < -0.39 is 0 Å². The van der Waals surface area contributed by atoms with E-state index >= 15 is 0 Å². The van der Waals surface area contributed by atoms with Crippen molar-refractivity contribution in [3.05, 3.63) is 64.7 Å². The minimum Gasteiger partial charge on any atom is -0.446 e. The molecule has 2 aromatic rings. The van der Waals surface area contributed by atoms with Gasteiger partial charge in [-0.15, -0.1) is 0 Å². The Morgan fingerprint density at radius 1 is 1.20 bits per heavy atom. The fourth-order valence-electron chi connectivity index (χ4n) is 4.63. The van der Waals surface area contributed by atoms with E-state index in [-0.39, 0.29) is 18.2 Å². The maximum absolute atomic E-state index is 12.5. The zero-order chi connectivity index (χ0) is 20.9. The molecule has 0 bridgehead atoms. The van der Waals surface area contributed by atoms with Gasteiger partial charge in [-0.1, -0.05) is 36.2 Å². The number of nitriles is 1. The Labute approximate surface area is 178 Å².